The van der Waals surface area contributed by atoms with E-state index in [2.05, 4.69) is 53.1 Å². The number of nitrogens with zero attached hydrogens (tertiary/aromatic N) is 3. The molecule has 1 atom stereocenters. The molecule has 0 aliphatic heterocycles. The number of aromatic hydroxyl groups is 1. The SMILES string of the molecule is CCN(CC)S(=O)(=O)c1sc(C)c(Nc2nsnc2N[C@@H](c2cc(C(C)C)co2)C(C)C)c1O. The maximum Gasteiger partial charge on any atom is 0.256 e. The first-order valence-electron chi connectivity index (χ1n) is 11.3. The van der Waals surface area contributed by atoms with Gasteiger partial charge in [-0.15, -0.1) is 11.3 Å². The predicted molar refractivity (Wildman–Crippen MR) is 138 cm³/mol. The highest BCUT2D eigenvalue weighted by Crippen LogP contribution is 2.45. The highest BCUT2D eigenvalue weighted by molar-refractivity contribution is 7.91. The van der Waals surface area contributed by atoms with Gasteiger partial charge in [0.25, 0.3) is 10.0 Å². The molecule has 0 aliphatic rings. The van der Waals surface area contributed by atoms with Gasteiger partial charge in [0.05, 0.1) is 29.7 Å². The Kier molecular flexibility index (Phi) is 8.27. The second-order valence-corrected chi connectivity index (χ2v) is 12.5. The van der Waals surface area contributed by atoms with Crippen molar-refractivity contribution < 1.29 is 17.9 Å². The first kappa shape index (κ1) is 26.5. The Morgan fingerprint density at radius 1 is 1.15 bits per heavy atom. The van der Waals surface area contributed by atoms with Gasteiger partial charge in [0.1, 0.15) is 5.76 Å². The molecule has 3 aromatic rings. The van der Waals surface area contributed by atoms with Crippen LogP contribution in [0.1, 0.15) is 69.7 Å². The Bertz CT molecular complexity index is 1210. The molecule has 0 aliphatic carbocycles. The highest BCUT2D eigenvalue weighted by atomic mass is 32.2. The summed E-state index contributed by atoms with van der Waals surface area (Å²) in [6.45, 7) is 14.3. The monoisotopic (exact) mass is 527 g/mol. The van der Waals surface area contributed by atoms with Gasteiger partial charge < -0.3 is 20.2 Å². The van der Waals surface area contributed by atoms with Crippen molar-refractivity contribution in [3.8, 4) is 5.75 Å². The molecule has 0 saturated carbocycles. The van der Waals surface area contributed by atoms with E-state index >= 15 is 0 Å². The van der Waals surface area contributed by atoms with Gasteiger partial charge in [0.2, 0.25) is 0 Å². The average molecular weight is 528 g/mol. The molecule has 12 heteroatoms. The molecular formula is C22H33N5O4S3. The molecule has 0 aromatic carbocycles. The number of anilines is 3. The predicted octanol–water partition coefficient (Wildman–Crippen LogP) is 5.91. The number of nitrogens with one attached hydrogen (secondary N) is 2. The molecule has 0 fully saturated rings. The fourth-order valence-corrected chi connectivity index (χ4v) is 7.12. The van der Waals surface area contributed by atoms with Crippen LogP contribution in [0.2, 0.25) is 0 Å². The van der Waals surface area contributed by atoms with Gasteiger partial charge in [-0.1, -0.05) is 41.5 Å². The van der Waals surface area contributed by atoms with Gasteiger partial charge >= 0.3 is 0 Å². The van der Waals surface area contributed by atoms with E-state index in [1.54, 1.807) is 27.0 Å². The first-order valence-corrected chi connectivity index (χ1v) is 14.3. The van der Waals surface area contributed by atoms with Crippen LogP contribution < -0.4 is 10.6 Å². The molecule has 34 heavy (non-hydrogen) atoms. The maximum absolute atomic E-state index is 13.0. The summed E-state index contributed by atoms with van der Waals surface area (Å²) in [5, 5.41) is 17.3. The summed E-state index contributed by atoms with van der Waals surface area (Å²) in [4.78, 5) is 0.634. The summed E-state index contributed by atoms with van der Waals surface area (Å²) in [6, 6.07) is 1.90. The summed E-state index contributed by atoms with van der Waals surface area (Å²) in [6.07, 6.45) is 1.78. The van der Waals surface area contributed by atoms with E-state index in [0.717, 1.165) is 34.4 Å². The second kappa shape index (κ2) is 10.6. The Morgan fingerprint density at radius 3 is 2.35 bits per heavy atom. The minimum atomic E-state index is -3.79. The Labute approximate surface area is 209 Å². The quantitative estimate of drug-likeness (QED) is 0.281. The normalized spacial score (nSPS) is 13.2. The lowest BCUT2D eigenvalue weighted by Gasteiger charge is -2.20. The summed E-state index contributed by atoms with van der Waals surface area (Å²) in [5.41, 5.74) is 1.44. The standard InChI is InChI=1S/C22H33N5O4S3/c1-8-27(9-2)34(29,30)22-19(28)18(14(7)32-22)24-21-20(25-33-26-21)23-17(13(5)6)16-10-15(11-31-16)12(3)4/h10-13,17,28H,8-9H2,1-7H3,(H,23,25)(H,24,26)/t17-/m1/s1. The third-order valence-electron chi connectivity index (χ3n) is 5.61. The minimum Gasteiger partial charge on any atom is -0.504 e. The van der Waals surface area contributed by atoms with Crippen molar-refractivity contribution in [1.82, 2.24) is 13.1 Å². The van der Waals surface area contributed by atoms with E-state index in [1.807, 2.05) is 0 Å². The molecule has 3 N–H and O–H groups in total. The molecule has 9 nitrogen and oxygen atoms in total. The van der Waals surface area contributed by atoms with Crippen LogP contribution in [0.15, 0.2) is 21.0 Å². The van der Waals surface area contributed by atoms with Gasteiger partial charge in [-0.3, -0.25) is 0 Å². The molecular weight excluding hydrogens is 494 g/mol. The van der Waals surface area contributed by atoms with Crippen LogP contribution in [-0.4, -0.2) is 39.7 Å². The number of sulfonamides is 1. The number of hydrogen-bond acceptors (Lipinski definition) is 10. The Hall–Kier alpha value is -2.15. The Morgan fingerprint density at radius 2 is 1.79 bits per heavy atom. The topological polar surface area (TPSA) is 121 Å². The third-order valence-corrected chi connectivity index (χ3v) is 9.77. The molecule has 0 amide bonds. The van der Waals surface area contributed by atoms with E-state index in [0.29, 0.717) is 41.2 Å². The fraction of sp³-hybridized carbons (Fsp3) is 0.545. The zero-order valence-corrected chi connectivity index (χ0v) is 23.0. The van der Waals surface area contributed by atoms with Crippen molar-refractivity contribution in [3.63, 3.8) is 0 Å². The zero-order chi connectivity index (χ0) is 25.2. The van der Waals surface area contributed by atoms with Crippen LogP contribution in [-0.2, 0) is 10.0 Å². The molecule has 0 spiro atoms. The van der Waals surface area contributed by atoms with Crippen LogP contribution in [0.3, 0.4) is 0 Å². The first-order chi connectivity index (χ1) is 16.0. The largest absolute Gasteiger partial charge is 0.504 e. The van der Waals surface area contributed by atoms with Gasteiger partial charge in [-0.25, -0.2) is 8.42 Å². The number of rotatable bonds is 11. The van der Waals surface area contributed by atoms with E-state index in [9.17, 15) is 13.5 Å². The summed E-state index contributed by atoms with van der Waals surface area (Å²) in [7, 11) is -3.79. The lowest BCUT2D eigenvalue weighted by Crippen LogP contribution is -2.30. The van der Waals surface area contributed by atoms with Gasteiger partial charge in [-0.2, -0.15) is 13.1 Å². The van der Waals surface area contributed by atoms with Gasteiger partial charge in [0, 0.05) is 18.0 Å². The number of aromatic nitrogens is 2. The van der Waals surface area contributed by atoms with E-state index in [-0.39, 0.29) is 21.9 Å². The smallest absolute Gasteiger partial charge is 0.256 e. The average Bonchev–Trinajstić information content (AvgIpc) is 3.48. The van der Waals surface area contributed by atoms with Crippen LogP contribution in [0, 0.1) is 12.8 Å². The molecule has 188 valence electrons. The van der Waals surface area contributed by atoms with E-state index in [1.165, 1.54) is 4.31 Å². The third kappa shape index (κ3) is 5.24. The second-order valence-electron chi connectivity index (χ2n) is 8.65. The van der Waals surface area contributed by atoms with Crippen LogP contribution >= 0.6 is 23.1 Å². The van der Waals surface area contributed by atoms with E-state index in [4.69, 9.17) is 4.42 Å². The van der Waals surface area contributed by atoms with Crippen molar-refractivity contribution in [2.75, 3.05) is 23.7 Å². The number of hydrogen-bond donors (Lipinski definition) is 3. The molecule has 0 radical (unpaired) electrons. The molecule has 0 saturated heterocycles. The van der Waals surface area contributed by atoms with Crippen molar-refractivity contribution in [2.24, 2.45) is 5.92 Å². The van der Waals surface area contributed by atoms with Gasteiger partial charge in [-0.05, 0) is 30.4 Å². The molecule has 0 bridgehead atoms. The van der Waals surface area contributed by atoms with Crippen LogP contribution in [0.4, 0.5) is 17.3 Å². The maximum atomic E-state index is 13.0. The van der Waals surface area contributed by atoms with Crippen LogP contribution in [0.5, 0.6) is 5.75 Å². The molecule has 0 unspecified atom stereocenters. The zero-order valence-electron chi connectivity index (χ0n) is 20.5. The van der Waals surface area contributed by atoms with E-state index < -0.39 is 10.0 Å². The lowest BCUT2D eigenvalue weighted by atomic mass is 9.99. The summed E-state index contributed by atoms with van der Waals surface area (Å²) < 4.78 is 41.8. The van der Waals surface area contributed by atoms with Crippen molar-refractivity contribution in [1.29, 1.82) is 0 Å². The molecule has 3 aromatic heterocycles. The number of thiophene rings is 1. The van der Waals surface area contributed by atoms with Crippen molar-refractivity contribution >= 4 is 50.4 Å². The lowest BCUT2D eigenvalue weighted by molar-refractivity contribution is 0.420. The number of furan rings is 1. The van der Waals surface area contributed by atoms with Crippen molar-refractivity contribution in [3.05, 3.63) is 28.5 Å². The molecule has 3 heterocycles. The fourth-order valence-electron chi connectivity index (χ4n) is 3.54. The van der Waals surface area contributed by atoms with Gasteiger partial charge in [0.15, 0.2) is 21.6 Å². The van der Waals surface area contributed by atoms with Crippen LogP contribution in [0.25, 0.3) is 0 Å². The van der Waals surface area contributed by atoms with Crippen molar-refractivity contribution in [2.45, 2.75) is 64.6 Å². The summed E-state index contributed by atoms with van der Waals surface area (Å²) in [5.74, 6) is 1.97. The number of aryl methyl sites for hydroxylation is 1. The Balaban J connectivity index is 1.90. The minimum absolute atomic E-state index is 0.0780. The molecule has 3 rings (SSSR count). The highest BCUT2D eigenvalue weighted by Gasteiger charge is 2.31. The summed E-state index contributed by atoms with van der Waals surface area (Å²) >= 11 is 2.05.